The predicted molar refractivity (Wildman–Crippen MR) is 102 cm³/mol. The molecule has 0 unspecified atom stereocenters. The second-order valence-corrected chi connectivity index (χ2v) is 6.47. The van der Waals surface area contributed by atoms with Crippen molar-refractivity contribution in [2.75, 3.05) is 7.05 Å². The number of pyridine rings is 1. The molecule has 0 N–H and O–H groups in total. The van der Waals surface area contributed by atoms with Gasteiger partial charge in [-0.2, -0.15) is 0 Å². The summed E-state index contributed by atoms with van der Waals surface area (Å²) < 4.78 is 16.1. The van der Waals surface area contributed by atoms with E-state index in [0.717, 1.165) is 22.6 Å². The normalized spacial score (nSPS) is 11.3. The highest BCUT2D eigenvalue weighted by Crippen LogP contribution is 2.25. The number of hydrogen-bond acceptors (Lipinski definition) is 2. The van der Waals surface area contributed by atoms with E-state index in [9.17, 15) is 4.39 Å². The van der Waals surface area contributed by atoms with Gasteiger partial charge in [0.1, 0.15) is 11.5 Å². The third-order valence-corrected chi connectivity index (χ3v) is 4.49. The Balaban J connectivity index is 1.70. The van der Waals surface area contributed by atoms with Crippen LogP contribution in [0, 0.1) is 5.82 Å². The molecular formula is C22H20FN3. The van der Waals surface area contributed by atoms with Crippen molar-refractivity contribution in [1.82, 2.24) is 14.3 Å². The van der Waals surface area contributed by atoms with E-state index in [2.05, 4.69) is 21.4 Å². The zero-order valence-electron chi connectivity index (χ0n) is 14.6. The van der Waals surface area contributed by atoms with Gasteiger partial charge in [-0.25, -0.2) is 9.37 Å². The first-order valence-electron chi connectivity index (χ1n) is 8.66. The molecule has 0 aliphatic heterocycles. The van der Waals surface area contributed by atoms with Gasteiger partial charge >= 0.3 is 0 Å². The van der Waals surface area contributed by atoms with Crippen LogP contribution >= 0.6 is 0 Å². The van der Waals surface area contributed by atoms with Crippen molar-refractivity contribution in [3.8, 4) is 11.3 Å². The molecule has 0 aliphatic carbocycles. The molecule has 4 aromatic rings. The van der Waals surface area contributed by atoms with Crippen LogP contribution in [0.5, 0.6) is 0 Å². The fourth-order valence-corrected chi connectivity index (χ4v) is 3.25. The van der Waals surface area contributed by atoms with E-state index in [1.165, 1.54) is 6.07 Å². The maximum absolute atomic E-state index is 14.0. The highest BCUT2D eigenvalue weighted by molar-refractivity contribution is 5.66. The minimum Gasteiger partial charge on any atom is -0.302 e. The summed E-state index contributed by atoms with van der Waals surface area (Å²) in [4.78, 5) is 6.94. The van der Waals surface area contributed by atoms with Gasteiger partial charge in [-0.15, -0.1) is 0 Å². The van der Waals surface area contributed by atoms with Gasteiger partial charge in [-0.1, -0.05) is 54.6 Å². The Morgan fingerprint density at radius 1 is 0.885 bits per heavy atom. The zero-order valence-corrected chi connectivity index (χ0v) is 14.6. The molecule has 0 spiro atoms. The lowest BCUT2D eigenvalue weighted by Crippen LogP contribution is -2.19. The van der Waals surface area contributed by atoms with E-state index in [1.54, 1.807) is 6.07 Å². The van der Waals surface area contributed by atoms with E-state index in [1.807, 2.05) is 61.8 Å². The van der Waals surface area contributed by atoms with Crippen LogP contribution in [0.3, 0.4) is 0 Å². The topological polar surface area (TPSA) is 20.5 Å². The number of imidazole rings is 1. The first-order chi connectivity index (χ1) is 12.7. The van der Waals surface area contributed by atoms with Crippen LogP contribution in [0.4, 0.5) is 4.39 Å². The zero-order chi connectivity index (χ0) is 17.9. The first-order valence-corrected chi connectivity index (χ1v) is 8.66. The quantitative estimate of drug-likeness (QED) is 0.519. The SMILES string of the molecule is CN(Cc1ccccc1F)Cc1c(-c2ccccc2)nc2ccccn12. The molecule has 2 aromatic carbocycles. The monoisotopic (exact) mass is 345 g/mol. The molecule has 26 heavy (non-hydrogen) atoms. The van der Waals surface area contributed by atoms with Crippen molar-refractivity contribution in [2.45, 2.75) is 13.1 Å². The lowest BCUT2D eigenvalue weighted by Gasteiger charge is -2.18. The summed E-state index contributed by atoms with van der Waals surface area (Å²) in [5, 5.41) is 0. The summed E-state index contributed by atoms with van der Waals surface area (Å²) in [5.41, 5.74) is 4.78. The summed E-state index contributed by atoms with van der Waals surface area (Å²) in [5.74, 6) is -0.166. The van der Waals surface area contributed by atoms with Crippen LogP contribution in [0.1, 0.15) is 11.3 Å². The molecule has 0 fully saturated rings. The lowest BCUT2D eigenvalue weighted by molar-refractivity contribution is 0.309. The van der Waals surface area contributed by atoms with Gasteiger partial charge in [-0.05, 0) is 25.2 Å². The molecule has 0 amide bonds. The largest absolute Gasteiger partial charge is 0.302 e. The van der Waals surface area contributed by atoms with Gasteiger partial charge in [0.25, 0.3) is 0 Å². The van der Waals surface area contributed by atoms with Crippen LogP contribution in [0.2, 0.25) is 0 Å². The third-order valence-electron chi connectivity index (χ3n) is 4.49. The maximum atomic E-state index is 14.0. The van der Waals surface area contributed by atoms with Crippen molar-refractivity contribution in [3.05, 3.63) is 96.1 Å². The molecule has 3 nitrogen and oxygen atoms in total. The van der Waals surface area contributed by atoms with Crippen LogP contribution < -0.4 is 0 Å². The van der Waals surface area contributed by atoms with E-state index in [-0.39, 0.29) is 5.82 Å². The lowest BCUT2D eigenvalue weighted by atomic mass is 10.1. The third kappa shape index (κ3) is 3.24. The van der Waals surface area contributed by atoms with Gasteiger partial charge < -0.3 is 4.40 Å². The summed E-state index contributed by atoms with van der Waals surface area (Å²) >= 11 is 0. The number of halogens is 1. The van der Waals surface area contributed by atoms with E-state index < -0.39 is 0 Å². The number of aromatic nitrogens is 2. The smallest absolute Gasteiger partial charge is 0.137 e. The summed E-state index contributed by atoms with van der Waals surface area (Å²) in [6, 6.07) is 23.1. The van der Waals surface area contributed by atoms with Crippen molar-refractivity contribution in [3.63, 3.8) is 0 Å². The van der Waals surface area contributed by atoms with Crippen LogP contribution in [0.15, 0.2) is 79.0 Å². The summed E-state index contributed by atoms with van der Waals surface area (Å²) in [7, 11) is 2.00. The standard InChI is InChI=1S/C22H20FN3/c1-25(15-18-11-5-6-12-19(18)23)16-20-22(17-9-3-2-4-10-17)24-21-13-7-8-14-26(20)21/h2-14H,15-16H2,1H3. The summed E-state index contributed by atoms with van der Waals surface area (Å²) in [6.07, 6.45) is 2.03. The molecule has 0 radical (unpaired) electrons. The Kier molecular flexibility index (Phi) is 4.50. The van der Waals surface area contributed by atoms with E-state index in [0.29, 0.717) is 18.7 Å². The number of hydrogen-bond donors (Lipinski definition) is 0. The molecule has 2 aromatic heterocycles. The molecule has 4 rings (SSSR count). The van der Waals surface area contributed by atoms with Gasteiger partial charge in [0, 0.05) is 30.4 Å². The molecule has 0 atom stereocenters. The fraction of sp³-hybridized carbons (Fsp3) is 0.136. The molecule has 2 heterocycles. The van der Waals surface area contributed by atoms with Gasteiger partial charge in [-0.3, -0.25) is 4.90 Å². The van der Waals surface area contributed by atoms with Crippen molar-refractivity contribution >= 4 is 5.65 Å². The number of rotatable bonds is 5. The number of benzene rings is 2. The summed E-state index contributed by atoms with van der Waals surface area (Å²) in [6.45, 7) is 1.21. The maximum Gasteiger partial charge on any atom is 0.137 e. The highest BCUT2D eigenvalue weighted by Gasteiger charge is 2.16. The minimum absolute atomic E-state index is 0.166. The van der Waals surface area contributed by atoms with E-state index >= 15 is 0 Å². The minimum atomic E-state index is -0.166. The van der Waals surface area contributed by atoms with Crippen molar-refractivity contribution in [1.29, 1.82) is 0 Å². The van der Waals surface area contributed by atoms with Crippen LogP contribution in [0.25, 0.3) is 16.9 Å². The van der Waals surface area contributed by atoms with Gasteiger partial charge in [0.15, 0.2) is 0 Å². The molecular weight excluding hydrogens is 325 g/mol. The van der Waals surface area contributed by atoms with Gasteiger partial charge in [0.05, 0.1) is 11.4 Å². The van der Waals surface area contributed by atoms with Crippen LogP contribution in [-0.4, -0.2) is 21.3 Å². The van der Waals surface area contributed by atoms with Crippen LogP contribution in [-0.2, 0) is 13.1 Å². The first kappa shape index (κ1) is 16.5. The van der Waals surface area contributed by atoms with Crippen molar-refractivity contribution < 1.29 is 4.39 Å². The van der Waals surface area contributed by atoms with Gasteiger partial charge in [0.2, 0.25) is 0 Å². The Bertz CT molecular complexity index is 1020. The predicted octanol–water partition coefficient (Wildman–Crippen LogP) is 4.77. The van der Waals surface area contributed by atoms with E-state index in [4.69, 9.17) is 4.98 Å². The second kappa shape index (κ2) is 7.10. The number of nitrogens with zero attached hydrogens (tertiary/aromatic N) is 3. The average molecular weight is 345 g/mol. The number of fused-ring (bicyclic) bond motifs is 1. The Labute approximate surface area is 152 Å². The van der Waals surface area contributed by atoms with Crippen molar-refractivity contribution in [2.24, 2.45) is 0 Å². The molecule has 0 saturated carbocycles. The molecule has 0 bridgehead atoms. The Hall–Kier alpha value is -2.98. The fourth-order valence-electron chi connectivity index (χ4n) is 3.25. The average Bonchev–Trinajstić information content (AvgIpc) is 3.03. The Morgan fingerprint density at radius 2 is 1.62 bits per heavy atom. The molecule has 4 heteroatoms. The highest BCUT2D eigenvalue weighted by atomic mass is 19.1. The Morgan fingerprint density at radius 3 is 2.42 bits per heavy atom. The molecule has 0 saturated heterocycles. The molecule has 0 aliphatic rings. The second-order valence-electron chi connectivity index (χ2n) is 6.47. The molecule has 130 valence electrons.